The zero-order chi connectivity index (χ0) is 13.0. The SMILES string of the molecule is CCc1ccc(N(C)C(=N)N=C(N)N)c(F)c1. The van der Waals surface area contributed by atoms with Crippen molar-refractivity contribution in [3.8, 4) is 0 Å². The van der Waals surface area contributed by atoms with Crippen LogP contribution in [0.25, 0.3) is 0 Å². The van der Waals surface area contributed by atoms with Gasteiger partial charge < -0.3 is 16.4 Å². The fourth-order valence-corrected chi connectivity index (χ4v) is 1.35. The summed E-state index contributed by atoms with van der Waals surface area (Å²) < 4.78 is 13.7. The molecule has 5 nitrogen and oxygen atoms in total. The standard InChI is InChI=1S/C11H16FN5/c1-3-7-4-5-9(8(12)6-7)17(2)11(15)16-10(13)14/h4-6H,3H2,1-2H3,(H5,13,14,15,16). The van der Waals surface area contributed by atoms with Gasteiger partial charge in [-0.3, -0.25) is 5.41 Å². The number of aryl methyl sites for hydroxylation is 1. The molecule has 1 aromatic rings. The number of guanidine groups is 2. The lowest BCUT2D eigenvalue weighted by Gasteiger charge is -2.18. The summed E-state index contributed by atoms with van der Waals surface area (Å²) in [5.74, 6) is -0.844. The predicted octanol–water partition coefficient (Wildman–Crippen LogP) is 1.03. The van der Waals surface area contributed by atoms with Crippen LogP contribution >= 0.6 is 0 Å². The van der Waals surface area contributed by atoms with Crippen LogP contribution in [-0.2, 0) is 6.42 Å². The first-order valence-electron chi connectivity index (χ1n) is 5.16. The molecule has 17 heavy (non-hydrogen) atoms. The highest BCUT2D eigenvalue weighted by Gasteiger charge is 2.11. The van der Waals surface area contributed by atoms with Gasteiger partial charge >= 0.3 is 0 Å². The van der Waals surface area contributed by atoms with E-state index in [4.69, 9.17) is 16.9 Å². The van der Waals surface area contributed by atoms with Gasteiger partial charge in [-0.2, -0.15) is 4.99 Å². The molecule has 1 aromatic carbocycles. The Labute approximate surface area is 99.4 Å². The molecule has 92 valence electrons. The summed E-state index contributed by atoms with van der Waals surface area (Å²) >= 11 is 0. The van der Waals surface area contributed by atoms with Gasteiger partial charge in [0.25, 0.3) is 0 Å². The number of hydrogen-bond donors (Lipinski definition) is 3. The van der Waals surface area contributed by atoms with Crippen LogP contribution in [0.5, 0.6) is 0 Å². The average Bonchev–Trinajstić information content (AvgIpc) is 2.27. The van der Waals surface area contributed by atoms with Crippen LogP contribution in [-0.4, -0.2) is 19.0 Å². The highest BCUT2D eigenvalue weighted by atomic mass is 19.1. The lowest BCUT2D eigenvalue weighted by Crippen LogP contribution is -2.31. The lowest BCUT2D eigenvalue weighted by molar-refractivity contribution is 0.626. The van der Waals surface area contributed by atoms with Crippen LogP contribution in [0.15, 0.2) is 23.2 Å². The highest BCUT2D eigenvalue weighted by molar-refractivity contribution is 6.00. The lowest BCUT2D eigenvalue weighted by atomic mass is 10.1. The number of rotatable bonds is 2. The van der Waals surface area contributed by atoms with Gasteiger partial charge in [0.05, 0.1) is 5.69 Å². The molecular weight excluding hydrogens is 221 g/mol. The second-order valence-corrected chi connectivity index (χ2v) is 3.56. The predicted molar refractivity (Wildman–Crippen MR) is 67.7 cm³/mol. The molecule has 5 N–H and O–H groups in total. The maximum Gasteiger partial charge on any atom is 0.225 e. The number of nitrogens with two attached hydrogens (primary N) is 2. The molecule has 0 spiro atoms. The van der Waals surface area contributed by atoms with Crippen LogP contribution < -0.4 is 16.4 Å². The minimum atomic E-state index is -0.401. The quantitative estimate of drug-likeness (QED) is 0.530. The van der Waals surface area contributed by atoms with Crippen molar-refractivity contribution in [1.29, 1.82) is 5.41 Å². The van der Waals surface area contributed by atoms with Crippen LogP contribution in [0.3, 0.4) is 0 Å². The number of anilines is 1. The Morgan fingerprint density at radius 2 is 2.12 bits per heavy atom. The Morgan fingerprint density at radius 3 is 2.59 bits per heavy atom. The topological polar surface area (TPSA) is 91.5 Å². The van der Waals surface area contributed by atoms with Crippen LogP contribution in [0.1, 0.15) is 12.5 Å². The molecule has 0 aliphatic heterocycles. The average molecular weight is 237 g/mol. The molecule has 0 atom stereocenters. The van der Waals surface area contributed by atoms with E-state index < -0.39 is 5.82 Å². The van der Waals surface area contributed by atoms with Gasteiger partial charge in [-0.15, -0.1) is 0 Å². The maximum atomic E-state index is 13.7. The Hall–Kier alpha value is -2.11. The first kappa shape index (κ1) is 13.0. The van der Waals surface area contributed by atoms with Crippen LogP contribution in [0, 0.1) is 11.2 Å². The number of aliphatic imine (C=N–C) groups is 1. The molecule has 0 fully saturated rings. The number of hydrogen-bond acceptors (Lipinski definition) is 1. The minimum absolute atomic E-state index is 0.215. The Bertz CT molecular complexity index is 451. The molecule has 0 bridgehead atoms. The van der Waals surface area contributed by atoms with Crippen LogP contribution in [0.4, 0.5) is 10.1 Å². The summed E-state index contributed by atoms with van der Waals surface area (Å²) in [5, 5.41) is 7.57. The van der Waals surface area contributed by atoms with Crippen LogP contribution in [0.2, 0.25) is 0 Å². The van der Waals surface area contributed by atoms with Crippen molar-refractivity contribution >= 4 is 17.6 Å². The summed E-state index contributed by atoms with van der Waals surface area (Å²) in [5.41, 5.74) is 11.5. The van der Waals surface area contributed by atoms with E-state index in [-0.39, 0.29) is 17.6 Å². The van der Waals surface area contributed by atoms with E-state index in [0.717, 1.165) is 12.0 Å². The molecule has 0 aliphatic rings. The van der Waals surface area contributed by atoms with Gasteiger partial charge in [-0.05, 0) is 24.1 Å². The normalized spacial score (nSPS) is 9.82. The summed E-state index contributed by atoms with van der Waals surface area (Å²) in [6.07, 6.45) is 0.756. The Balaban J connectivity index is 3.00. The van der Waals surface area contributed by atoms with Gasteiger partial charge in [0.1, 0.15) is 5.82 Å². The van der Waals surface area contributed by atoms with Gasteiger partial charge in [-0.1, -0.05) is 13.0 Å². The molecule has 0 saturated heterocycles. The molecule has 0 amide bonds. The first-order valence-corrected chi connectivity index (χ1v) is 5.16. The van der Waals surface area contributed by atoms with Gasteiger partial charge in [0.2, 0.25) is 5.96 Å². The molecule has 0 heterocycles. The Morgan fingerprint density at radius 1 is 1.47 bits per heavy atom. The van der Waals surface area contributed by atoms with Crippen molar-refractivity contribution in [3.05, 3.63) is 29.6 Å². The third-order valence-corrected chi connectivity index (χ3v) is 2.33. The zero-order valence-electron chi connectivity index (χ0n) is 9.87. The summed E-state index contributed by atoms with van der Waals surface area (Å²) in [6, 6.07) is 4.84. The monoisotopic (exact) mass is 237 g/mol. The van der Waals surface area contributed by atoms with Gasteiger partial charge in [-0.25, -0.2) is 4.39 Å². The number of halogens is 1. The molecule has 6 heteroatoms. The van der Waals surface area contributed by atoms with E-state index in [2.05, 4.69) is 4.99 Å². The molecule has 0 aromatic heterocycles. The minimum Gasteiger partial charge on any atom is -0.370 e. The number of nitrogens with zero attached hydrogens (tertiary/aromatic N) is 2. The third kappa shape index (κ3) is 3.17. The summed E-state index contributed by atoms with van der Waals surface area (Å²) in [6.45, 7) is 1.94. The fourth-order valence-electron chi connectivity index (χ4n) is 1.35. The van der Waals surface area contributed by atoms with E-state index in [9.17, 15) is 4.39 Å². The molecular formula is C11H16FN5. The smallest absolute Gasteiger partial charge is 0.225 e. The van der Waals surface area contributed by atoms with Gasteiger partial charge in [0.15, 0.2) is 5.96 Å². The largest absolute Gasteiger partial charge is 0.370 e. The van der Waals surface area contributed by atoms with E-state index >= 15 is 0 Å². The zero-order valence-corrected chi connectivity index (χ0v) is 9.87. The van der Waals surface area contributed by atoms with Crippen molar-refractivity contribution in [2.75, 3.05) is 11.9 Å². The first-order chi connectivity index (χ1) is 7.95. The van der Waals surface area contributed by atoms with E-state index in [1.54, 1.807) is 12.1 Å². The molecule has 0 saturated carbocycles. The number of nitrogens with one attached hydrogen (secondary N) is 1. The molecule has 0 aliphatic carbocycles. The van der Waals surface area contributed by atoms with E-state index in [1.807, 2.05) is 6.92 Å². The summed E-state index contributed by atoms with van der Waals surface area (Å²) in [4.78, 5) is 4.82. The van der Waals surface area contributed by atoms with Crippen molar-refractivity contribution < 1.29 is 4.39 Å². The van der Waals surface area contributed by atoms with Gasteiger partial charge in [0, 0.05) is 7.05 Å². The number of benzene rings is 1. The molecule has 1 rings (SSSR count). The van der Waals surface area contributed by atoms with E-state index in [0.29, 0.717) is 0 Å². The highest BCUT2D eigenvalue weighted by Crippen LogP contribution is 2.20. The van der Waals surface area contributed by atoms with E-state index in [1.165, 1.54) is 18.0 Å². The summed E-state index contributed by atoms with van der Waals surface area (Å²) in [7, 11) is 1.53. The van der Waals surface area contributed by atoms with Crippen molar-refractivity contribution in [2.45, 2.75) is 13.3 Å². The van der Waals surface area contributed by atoms with Crippen molar-refractivity contribution in [1.82, 2.24) is 0 Å². The Kier molecular flexibility index (Phi) is 4.03. The third-order valence-electron chi connectivity index (χ3n) is 2.33. The fraction of sp³-hybridized carbons (Fsp3) is 0.273. The second-order valence-electron chi connectivity index (χ2n) is 3.56. The maximum absolute atomic E-state index is 13.7. The second kappa shape index (κ2) is 5.29. The molecule has 0 unspecified atom stereocenters. The van der Waals surface area contributed by atoms with Crippen molar-refractivity contribution in [2.24, 2.45) is 16.5 Å². The molecule has 0 radical (unpaired) electrons. The van der Waals surface area contributed by atoms with Crippen molar-refractivity contribution in [3.63, 3.8) is 0 Å².